The summed E-state index contributed by atoms with van der Waals surface area (Å²) in [7, 11) is 0. The van der Waals surface area contributed by atoms with Gasteiger partial charge in [-0.15, -0.1) is 0 Å². The van der Waals surface area contributed by atoms with Crippen molar-refractivity contribution < 1.29 is 14.4 Å². The molecule has 0 saturated heterocycles. The zero-order chi connectivity index (χ0) is 14.3. The SMILES string of the molecule is CC(=O)c1ccc2c(c1)n(C(C)=O)c(=O)n2C(C)=O. The van der Waals surface area contributed by atoms with E-state index in [1.54, 1.807) is 0 Å². The van der Waals surface area contributed by atoms with Gasteiger partial charge in [0.1, 0.15) is 0 Å². The molecule has 1 aromatic carbocycles. The lowest BCUT2D eigenvalue weighted by Gasteiger charge is -1.99. The first-order valence-corrected chi connectivity index (χ1v) is 5.65. The van der Waals surface area contributed by atoms with Crippen molar-refractivity contribution in [1.29, 1.82) is 0 Å². The van der Waals surface area contributed by atoms with Crippen molar-refractivity contribution in [2.45, 2.75) is 20.8 Å². The zero-order valence-electron chi connectivity index (χ0n) is 10.8. The number of ketones is 1. The number of fused-ring (bicyclic) bond motifs is 1. The summed E-state index contributed by atoms with van der Waals surface area (Å²) < 4.78 is 1.81. The molecule has 0 aliphatic carbocycles. The van der Waals surface area contributed by atoms with Crippen LogP contribution in [0.1, 0.15) is 40.7 Å². The molecule has 0 spiro atoms. The van der Waals surface area contributed by atoms with Gasteiger partial charge in [-0.25, -0.2) is 13.9 Å². The minimum Gasteiger partial charge on any atom is -0.295 e. The highest BCUT2D eigenvalue weighted by Gasteiger charge is 2.19. The minimum absolute atomic E-state index is 0.181. The second-order valence-corrected chi connectivity index (χ2v) is 4.25. The molecule has 0 fully saturated rings. The fraction of sp³-hybridized carbons (Fsp3) is 0.231. The van der Waals surface area contributed by atoms with Crippen LogP contribution in [0.5, 0.6) is 0 Å². The highest BCUT2D eigenvalue weighted by atomic mass is 16.2. The molecule has 1 aromatic heterocycles. The van der Waals surface area contributed by atoms with Crippen LogP contribution in [0.3, 0.4) is 0 Å². The monoisotopic (exact) mass is 260 g/mol. The maximum absolute atomic E-state index is 12.1. The van der Waals surface area contributed by atoms with Crippen LogP contribution in [-0.4, -0.2) is 26.7 Å². The Bertz CT molecular complexity index is 780. The van der Waals surface area contributed by atoms with Gasteiger partial charge >= 0.3 is 5.69 Å². The van der Waals surface area contributed by atoms with E-state index >= 15 is 0 Å². The first-order chi connectivity index (χ1) is 8.84. The lowest BCUT2D eigenvalue weighted by atomic mass is 10.1. The molecule has 19 heavy (non-hydrogen) atoms. The summed E-state index contributed by atoms with van der Waals surface area (Å²) in [4.78, 5) is 46.5. The van der Waals surface area contributed by atoms with E-state index < -0.39 is 17.5 Å². The lowest BCUT2D eigenvalue weighted by molar-refractivity contribution is 0.0923. The first-order valence-electron chi connectivity index (χ1n) is 5.65. The van der Waals surface area contributed by atoms with Crippen molar-refractivity contribution >= 4 is 28.6 Å². The van der Waals surface area contributed by atoms with E-state index in [9.17, 15) is 19.2 Å². The number of carbonyl (C=O) groups excluding carboxylic acids is 3. The molecular weight excluding hydrogens is 248 g/mol. The second kappa shape index (κ2) is 4.31. The third kappa shape index (κ3) is 1.91. The maximum atomic E-state index is 12.1. The average molecular weight is 260 g/mol. The number of hydrogen-bond acceptors (Lipinski definition) is 4. The van der Waals surface area contributed by atoms with Gasteiger partial charge in [-0.3, -0.25) is 14.4 Å². The third-order valence-electron chi connectivity index (χ3n) is 2.88. The number of hydrogen-bond donors (Lipinski definition) is 0. The van der Waals surface area contributed by atoms with Crippen LogP contribution in [0.2, 0.25) is 0 Å². The summed E-state index contributed by atoms with van der Waals surface area (Å²) in [5, 5.41) is 0. The largest absolute Gasteiger partial charge is 0.342 e. The van der Waals surface area contributed by atoms with Crippen LogP contribution in [-0.2, 0) is 0 Å². The van der Waals surface area contributed by atoms with Gasteiger partial charge in [0, 0.05) is 19.4 Å². The van der Waals surface area contributed by atoms with Crippen molar-refractivity contribution in [3.05, 3.63) is 34.2 Å². The molecule has 2 rings (SSSR count). The van der Waals surface area contributed by atoms with E-state index in [0.29, 0.717) is 11.1 Å². The second-order valence-electron chi connectivity index (χ2n) is 4.25. The maximum Gasteiger partial charge on any atom is 0.342 e. The van der Waals surface area contributed by atoms with Crippen molar-refractivity contribution in [2.24, 2.45) is 0 Å². The standard InChI is InChI=1S/C13H12N2O4/c1-7(16)10-4-5-11-12(6-10)15(9(3)18)13(19)14(11)8(2)17/h4-6H,1-3H3. The third-order valence-corrected chi connectivity index (χ3v) is 2.88. The highest BCUT2D eigenvalue weighted by Crippen LogP contribution is 2.16. The van der Waals surface area contributed by atoms with Crippen LogP contribution in [0.15, 0.2) is 23.0 Å². The molecule has 6 heteroatoms. The van der Waals surface area contributed by atoms with Crippen molar-refractivity contribution in [3.8, 4) is 0 Å². The first kappa shape index (κ1) is 12.9. The molecule has 0 saturated carbocycles. The van der Waals surface area contributed by atoms with Gasteiger partial charge in [0.25, 0.3) is 0 Å². The van der Waals surface area contributed by atoms with E-state index in [1.807, 2.05) is 0 Å². The fourth-order valence-corrected chi connectivity index (χ4v) is 2.03. The van der Waals surface area contributed by atoms with Crippen LogP contribution in [0.4, 0.5) is 0 Å². The highest BCUT2D eigenvalue weighted by molar-refractivity contribution is 6.01. The number of benzene rings is 1. The quantitative estimate of drug-likeness (QED) is 0.724. The van der Waals surface area contributed by atoms with Crippen molar-refractivity contribution in [3.63, 3.8) is 0 Å². The number of rotatable bonds is 1. The molecule has 0 unspecified atom stereocenters. The smallest absolute Gasteiger partial charge is 0.295 e. The summed E-state index contributed by atoms with van der Waals surface area (Å²) in [5.74, 6) is -1.17. The van der Waals surface area contributed by atoms with E-state index in [-0.39, 0.29) is 11.3 Å². The predicted molar refractivity (Wildman–Crippen MR) is 68.8 cm³/mol. The van der Waals surface area contributed by atoms with Gasteiger partial charge in [-0.1, -0.05) is 0 Å². The molecule has 0 bridgehead atoms. The Kier molecular flexibility index (Phi) is 2.94. The van der Waals surface area contributed by atoms with Crippen molar-refractivity contribution in [1.82, 2.24) is 9.13 Å². The molecular formula is C13H12N2O4. The minimum atomic E-state index is -0.712. The number of aromatic nitrogens is 2. The summed E-state index contributed by atoms with van der Waals surface area (Å²) in [6, 6.07) is 4.46. The fourth-order valence-electron chi connectivity index (χ4n) is 2.03. The number of imidazole rings is 1. The van der Waals surface area contributed by atoms with E-state index in [0.717, 1.165) is 9.13 Å². The Morgan fingerprint density at radius 1 is 0.895 bits per heavy atom. The average Bonchev–Trinajstić information content (AvgIpc) is 2.59. The number of nitrogens with zero attached hydrogens (tertiary/aromatic N) is 2. The Morgan fingerprint density at radius 3 is 1.89 bits per heavy atom. The summed E-state index contributed by atoms with van der Waals surface area (Å²) >= 11 is 0. The zero-order valence-corrected chi connectivity index (χ0v) is 10.8. The topological polar surface area (TPSA) is 78.1 Å². The molecule has 2 aromatic rings. The molecule has 0 atom stereocenters. The Morgan fingerprint density at radius 2 is 1.42 bits per heavy atom. The van der Waals surface area contributed by atoms with Gasteiger partial charge in [0.15, 0.2) is 5.78 Å². The van der Waals surface area contributed by atoms with E-state index in [4.69, 9.17) is 0 Å². The van der Waals surface area contributed by atoms with Gasteiger partial charge in [-0.2, -0.15) is 0 Å². The van der Waals surface area contributed by atoms with Gasteiger partial charge in [-0.05, 0) is 25.1 Å². The van der Waals surface area contributed by atoms with E-state index in [1.165, 1.54) is 39.0 Å². The molecule has 6 nitrogen and oxygen atoms in total. The Hall–Kier alpha value is -2.50. The van der Waals surface area contributed by atoms with Crippen LogP contribution in [0.25, 0.3) is 11.0 Å². The Balaban J connectivity index is 2.99. The van der Waals surface area contributed by atoms with Gasteiger partial charge in [0.2, 0.25) is 11.8 Å². The summed E-state index contributed by atoms with van der Waals surface area (Å²) in [6.45, 7) is 3.86. The lowest BCUT2D eigenvalue weighted by Crippen LogP contribution is -2.30. The van der Waals surface area contributed by atoms with Crippen LogP contribution >= 0.6 is 0 Å². The van der Waals surface area contributed by atoms with Crippen molar-refractivity contribution in [2.75, 3.05) is 0 Å². The Labute approximate surface area is 108 Å². The molecule has 0 aliphatic heterocycles. The van der Waals surface area contributed by atoms with Crippen LogP contribution in [0, 0.1) is 0 Å². The molecule has 1 heterocycles. The summed E-state index contributed by atoms with van der Waals surface area (Å²) in [6.07, 6.45) is 0. The van der Waals surface area contributed by atoms with Crippen LogP contribution < -0.4 is 5.69 Å². The van der Waals surface area contributed by atoms with Gasteiger partial charge in [0.05, 0.1) is 11.0 Å². The molecule has 98 valence electrons. The predicted octanol–water partition coefficient (Wildman–Crippen LogP) is 1.33. The van der Waals surface area contributed by atoms with Gasteiger partial charge < -0.3 is 0 Å². The molecule has 0 radical (unpaired) electrons. The molecule has 0 aliphatic rings. The number of carbonyl (C=O) groups is 3. The normalized spacial score (nSPS) is 10.7. The summed E-state index contributed by atoms with van der Waals surface area (Å²) in [5.41, 5.74) is 0.247. The molecule has 0 N–H and O–H groups in total. The number of Topliss-reactive ketones (excluding diaryl/α,β-unsaturated/α-hetero) is 1. The molecule has 0 amide bonds. The van der Waals surface area contributed by atoms with E-state index in [2.05, 4.69) is 0 Å².